The Morgan fingerprint density at radius 2 is 0.636 bits per heavy atom. The van der Waals surface area contributed by atoms with E-state index >= 15 is 0 Å². The Kier molecular flexibility index (Phi) is 5.61. The third kappa shape index (κ3) is 3.92. The minimum absolute atomic E-state index is 1.23. The first kappa shape index (κ1) is 24.8. The molecule has 0 aromatic heterocycles. The van der Waals surface area contributed by atoms with Gasteiger partial charge in [-0.1, -0.05) is 158 Å². The quantitative estimate of drug-likeness (QED) is 0.190. The van der Waals surface area contributed by atoms with Gasteiger partial charge in [-0.15, -0.1) is 0 Å². The lowest BCUT2D eigenvalue weighted by molar-refractivity contribution is 1.62. The third-order valence-corrected chi connectivity index (χ3v) is 9.25. The van der Waals surface area contributed by atoms with E-state index in [0.29, 0.717) is 0 Å². The Hall–Kier alpha value is -5.72. The molecule has 0 unspecified atom stereocenters. The van der Waals surface area contributed by atoms with E-state index in [4.69, 9.17) is 0 Å². The van der Waals surface area contributed by atoms with Crippen LogP contribution in [0.4, 0.5) is 0 Å². The lowest BCUT2D eigenvalue weighted by Gasteiger charge is -2.13. The van der Waals surface area contributed by atoms with Crippen molar-refractivity contribution in [1.29, 1.82) is 0 Å². The predicted octanol–water partition coefficient (Wildman–Crippen LogP) is 12.5. The first-order valence-electron chi connectivity index (χ1n) is 15.3. The van der Waals surface area contributed by atoms with Crippen LogP contribution in [0.25, 0.3) is 87.2 Å². The molecule has 0 saturated carbocycles. The van der Waals surface area contributed by atoms with Gasteiger partial charge >= 0.3 is 0 Å². The molecule has 0 fully saturated rings. The van der Waals surface area contributed by atoms with Gasteiger partial charge in [0.25, 0.3) is 0 Å². The van der Waals surface area contributed by atoms with Gasteiger partial charge in [0.05, 0.1) is 0 Å². The summed E-state index contributed by atoms with van der Waals surface area (Å²) in [6.45, 7) is 0. The highest BCUT2D eigenvalue weighted by Gasteiger charge is 2.11. The Labute approximate surface area is 256 Å². The molecule has 0 atom stereocenters. The molecule has 0 nitrogen and oxygen atoms in total. The predicted molar refractivity (Wildman–Crippen MR) is 190 cm³/mol. The van der Waals surface area contributed by atoms with Crippen molar-refractivity contribution in [2.24, 2.45) is 0 Å². The molecule has 0 aliphatic heterocycles. The number of benzene rings is 9. The monoisotopic (exact) mass is 556 g/mol. The van der Waals surface area contributed by atoms with E-state index in [1.54, 1.807) is 0 Å². The average Bonchev–Trinajstić information content (AvgIpc) is 3.11. The van der Waals surface area contributed by atoms with Crippen LogP contribution in [-0.4, -0.2) is 0 Å². The molecule has 9 aromatic rings. The molecule has 204 valence electrons. The van der Waals surface area contributed by atoms with E-state index in [1.807, 2.05) is 0 Å². The fraction of sp³-hybridized carbons (Fsp3) is 0. The standard InChI is InChI=1S/C44H28/c1-2-12-35-30(9-1)10-7-18-37(35)34-24-25-38-33(27-34)11-8-17-36(38)31-21-19-29(20-22-31)32-23-26-43-41-15-4-3-13-39(41)40-14-5-6-16-42(40)44(43)28-32/h1-28H. The van der Waals surface area contributed by atoms with Crippen LogP contribution in [0.5, 0.6) is 0 Å². The Morgan fingerprint density at radius 1 is 0.205 bits per heavy atom. The second kappa shape index (κ2) is 9.93. The van der Waals surface area contributed by atoms with Crippen LogP contribution in [-0.2, 0) is 0 Å². The fourth-order valence-electron chi connectivity index (χ4n) is 7.11. The van der Waals surface area contributed by atoms with Crippen LogP contribution in [0.2, 0.25) is 0 Å². The molecule has 9 rings (SSSR count). The minimum Gasteiger partial charge on any atom is -0.0616 e. The van der Waals surface area contributed by atoms with E-state index in [2.05, 4.69) is 170 Å². The molecule has 0 radical (unpaired) electrons. The van der Waals surface area contributed by atoms with Crippen molar-refractivity contribution in [3.05, 3.63) is 170 Å². The molecular formula is C44H28. The maximum atomic E-state index is 2.37. The zero-order chi connectivity index (χ0) is 29.0. The smallest absolute Gasteiger partial charge is 0.00928 e. The maximum Gasteiger partial charge on any atom is -0.00928 e. The minimum atomic E-state index is 1.23. The van der Waals surface area contributed by atoms with Crippen LogP contribution in [0.15, 0.2) is 170 Å². The molecule has 0 N–H and O–H groups in total. The first-order chi connectivity index (χ1) is 21.8. The second-order valence-corrected chi connectivity index (χ2v) is 11.7. The van der Waals surface area contributed by atoms with Crippen LogP contribution in [0.3, 0.4) is 0 Å². The van der Waals surface area contributed by atoms with Gasteiger partial charge in [-0.2, -0.15) is 0 Å². The van der Waals surface area contributed by atoms with Gasteiger partial charge < -0.3 is 0 Å². The second-order valence-electron chi connectivity index (χ2n) is 11.7. The Morgan fingerprint density at radius 3 is 1.34 bits per heavy atom. The fourth-order valence-corrected chi connectivity index (χ4v) is 7.11. The summed E-state index contributed by atoms with van der Waals surface area (Å²) in [7, 11) is 0. The molecule has 0 saturated heterocycles. The molecular weight excluding hydrogens is 528 g/mol. The summed E-state index contributed by atoms with van der Waals surface area (Å²) in [5.74, 6) is 0. The van der Waals surface area contributed by atoms with Gasteiger partial charge in [-0.3, -0.25) is 0 Å². The van der Waals surface area contributed by atoms with Crippen molar-refractivity contribution in [2.45, 2.75) is 0 Å². The van der Waals surface area contributed by atoms with E-state index in [-0.39, 0.29) is 0 Å². The average molecular weight is 557 g/mol. The highest BCUT2D eigenvalue weighted by Crippen LogP contribution is 2.38. The van der Waals surface area contributed by atoms with Crippen molar-refractivity contribution in [3.63, 3.8) is 0 Å². The summed E-state index contributed by atoms with van der Waals surface area (Å²) in [5, 5.41) is 12.9. The van der Waals surface area contributed by atoms with Gasteiger partial charge in [-0.05, 0) is 99.4 Å². The molecule has 0 aliphatic carbocycles. The number of hydrogen-bond donors (Lipinski definition) is 0. The highest BCUT2D eigenvalue weighted by molar-refractivity contribution is 6.25. The summed E-state index contributed by atoms with van der Waals surface area (Å²) >= 11 is 0. The lowest BCUT2D eigenvalue weighted by atomic mass is 9.91. The highest BCUT2D eigenvalue weighted by atomic mass is 14.1. The van der Waals surface area contributed by atoms with Crippen LogP contribution in [0.1, 0.15) is 0 Å². The van der Waals surface area contributed by atoms with Gasteiger partial charge in [0.2, 0.25) is 0 Å². The maximum absolute atomic E-state index is 2.37. The first-order valence-corrected chi connectivity index (χ1v) is 15.3. The van der Waals surface area contributed by atoms with E-state index < -0.39 is 0 Å². The molecule has 44 heavy (non-hydrogen) atoms. The normalized spacial score (nSPS) is 11.6. The molecule has 0 bridgehead atoms. The molecule has 0 aliphatic rings. The molecule has 0 spiro atoms. The van der Waals surface area contributed by atoms with Crippen molar-refractivity contribution < 1.29 is 0 Å². The summed E-state index contributed by atoms with van der Waals surface area (Å²) in [5.41, 5.74) is 7.48. The zero-order valence-corrected chi connectivity index (χ0v) is 24.2. The van der Waals surface area contributed by atoms with E-state index in [0.717, 1.165) is 0 Å². The van der Waals surface area contributed by atoms with E-state index in [1.165, 1.54) is 87.2 Å². The van der Waals surface area contributed by atoms with Crippen molar-refractivity contribution in [2.75, 3.05) is 0 Å². The largest absolute Gasteiger partial charge is 0.0616 e. The summed E-state index contributed by atoms with van der Waals surface area (Å²) in [4.78, 5) is 0. The van der Waals surface area contributed by atoms with Gasteiger partial charge in [0, 0.05) is 0 Å². The molecule has 9 aromatic carbocycles. The van der Waals surface area contributed by atoms with Crippen molar-refractivity contribution in [3.8, 4) is 33.4 Å². The molecule has 0 heteroatoms. The van der Waals surface area contributed by atoms with Crippen LogP contribution in [0, 0.1) is 0 Å². The van der Waals surface area contributed by atoms with E-state index in [9.17, 15) is 0 Å². The Balaban J connectivity index is 1.12. The SMILES string of the molecule is c1ccc2c(-c3ccc4c(-c5ccc(-c6ccc7c8ccccc8c8ccccc8c7c6)cc5)cccc4c3)cccc2c1. The third-order valence-electron chi connectivity index (χ3n) is 9.25. The van der Waals surface area contributed by atoms with Gasteiger partial charge in [-0.25, -0.2) is 0 Å². The van der Waals surface area contributed by atoms with Crippen LogP contribution >= 0.6 is 0 Å². The molecule has 0 heterocycles. The zero-order valence-electron chi connectivity index (χ0n) is 24.2. The molecule has 0 amide bonds. The number of hydrogen-bond acceptors (Lipinski definition) is 0. The number of rotatable bonds is 3. The summed E-state index contributed by atoms with van der Waals surface area (Å²) < 4.78 is 0. The Bertz CT molecular complexity index is 2490. The van der Waals surface area contributed by atoms with Gasteiger partial charge in [0.15, 0.2) is 0 Å². The lowest BCUT2D eigenvalue weighted by Crippen LogP contribution is -1.86. The summed E-state index contributed by atoms with van der Waals surface area (Å²) in [6, 6.07) is 62.3. The summed E-state index contributed by atoms with van der Waals surface area (Å²) in [6.07, 6.45) is 0. The van der Waals surface area contributed by atoms with Crippen molar-refractivity contribution in [1.82, 2.24) is 0 Å². The van der Waals surface area contributed by atoms with Gasteiger partial charge in [0.1, 0.15) is 0 Å². The van der Waals surface area contributed by atoms with Crippen molar-refractivity contribution >= 4 is 53.9 Å². The van der Waals surface area contributed by atoms with Crippen LogP contribution < -0.4 is 0 Å². The topological polar surface area (TPSA) is 0 Å². The number of fused-ring (bicyclic) bond motifs is 8.